The standard InChI is InChI=1S/C15H17NO4S/c1-4-5-10-13(15(17)18)21-14(16-10)9-6-7-11(19-2)12(8-9)20-3/h6-8H,4-5H2,1-3H3,(H,17,18). The minimum Gasteiger partial charge on any atom is -0.493 e. The maximum absolute atomic E-state index is 11.3. The number of methoxy groups -OCH3 is 2. The van der Waals surface area contributed by atoms with E-state index in [-0.39, 0.29) is 0 Å². The highest BCUT2D eigenvalue weighted by molar-refractivity contribution is 7.17. The Hall–Kier alpha value is -2.08. The summed E-state index contributed by atoms with van der Waals surface area (Å²) in [7, 11) is 3.14. The van der Waals surface area contributed by atoms with E-state index in [0.29, 0.717) is 33.5 Å². The van der Waals surface area contributed by atoms with Gasteiger partial charge in [0.1, 0.15) is 9.88 Å². The number of aromatic carboxylic acids is 1. The average molecular weight is 307 g/mol. The van der Waals surface area contributed by atoms with Gasteiger partial charge in [-0.1, -0.05) is 13.3 Å². The van der Waals surface area contributed by atoms with E-state index < -0.39 is 5.97 Å². The fourth-order valence-electron chi connectivity index (χ4n) is 2.02. The third-order valence-corrected chi connectivity index (χ3v) is 4.14. The number of benzene rings is 1. The van der Waals surface area contributed by atoms with Gasteiger partial charge in [0.25, 0.3) is 0 Å². The van der Waals surface area contributed by atoms with Crippen molar-refractivity contribution < 1.29 is 19.4 Å². The van der Waals surface area contributed by atoms with E-state index in [1.807, 2.05) is 13.0 Å². The maximum atomic E-state index is 11.3. The summed E-state index contributed by atoms with van der Waals surface area (Å²) < 4.78 is 10.5. The predicted octanol–water partition coefficient (Wildman–Crippen LogP) is 3.48. The first-order chi connectivity index (χ1) is 10.1. The molecule has 0 unspecified atom stereocenters. The molecule has 0 amide bonds. The summed E-state index contributed by atoms with van der Waals surface area (Å²) in [4.78, 5) is 16.1. The SMILES string of the molecule is CCCc1nc(-c2ccc(OC)c(OC)c2)sc1C(=O)O. The van der Waals surface area contributed by atoms with Crippen LogP contribution >= 0.6 is 11.3 Å². The second kappa shape index (κ2) is 6.58. The van der Waals surface area contributed by atoms with Gasteiger partial charge in [-0.3, -0.25) is 0 Å². The van der Waals surface area contributed by atoms with E-state index in [4.69, 9.17) is 9.47 Å². The van der Waals surface area contributed by atoms with Crippen LogP contribution in [-0.4, -0.2) is 30.3 Å². The van der Waals surface area contributed by atoms with Crippen LogP contribution in [0.4, 0.5) is 0 Å². The molecule has 1 aromatic carbocycles. The lowest BCUT2D eigenvalue weighted by atomic mass is 10.2. The predicted molar refractivity (Wildman–Crippen MR) is 81.6 cm³/mol. The molecular weight excluding hydrogens is 290 g/mol. The molecule has 0 fully saturated rings. The quantitative estimate of drug-likeness (QED) is 0.885. The molecule has 21 heavy (non-hydrogen) atoms. The summed E-state index contributed by atoms with van der Waals surface area (Å²) >= 11 is 1.19. The van der Waals surface area contributed by atoms with Crippen LogP contribution in [0.25, 0.3) is 10.6 Å². The number of thiazole rings is 1. The molecule has 0 radical (unpaired) electrons. The number of aromatic nitrogens is 1. The van der Waals surface area contributed by atoms with Crippen LogP contribution in [0.3, 0.4) is 0 Å². The topological polar surface area (TPSA) is 68.7 Å². The van der Waals surface area contributed by atoms with Crippen molar-refractivity contribution in [2.45, 2.75) is 19.8 Å². The number of carboxylic acid groups (broad SMARTS) is 1. The smallest absolute Gasteiger partial charge is 0.347 e. The number of hydrogen-bond acceptors (Lipinski definition) is 5. The molecule has 0 aliphatic rings. The Morgan fingerprint density at radius 2 is 2.00 bits per heavy atom. The molecule has 5 nitrogen and oxygen atoms in total. The number of rotatable bonds is 6. The zero-order valence-electron chi connectivity index (χ0n) is 12.2. The van der Waals surface area contributed by atoms with Gasteiger partial charge >= 0.3 is 5.97 Å². The monoisotopic (exact) mass is 307 g/mol. The molecular formula is C15H17NO4S. The first-order valence-corrected chi connectivity index (χ1v) is 7.37. The van der Waals surface area contributed by atoms with Crippen molar-refractivity contribution in [3.8, 4) is 22.1 Å². The summed E-state index contributed by atoms with van der Waals surface area (Å²) in [6.45, 7) is 2.00. The lowest BCUT2D eigenvalue weighted by molar-refractivity contribution is 0.0700. The van der Waals surface area contributed by atoms with E-state index in [2.05, 4.69) is 4.98 Å². The van der Waals surface area contributed by atoms with Crippen molar-refractivity contribution in [2.75, 3.05) is 14.2 Å². The number of carbonyl (C=O) groups is 1. The highest BCUT2D eigenvalue weighted by Crippen LogP contribution is 2.35. The van der Waals surface area contributed by atoms with E-state index in [1.54, 1.807) is 26.4 Å². The van der Waals surface area contributed by atoms with Crippen LogP contribution in [-0.2, 0) is 6.42 Å². The first-order valence-electron chi connectivity index (χ1n) is 6.56. The van der Waals surface area contributed by atoms with Gasteiger partial charge in [0.2, 0.25) is 0 Å². The number of nitrogens with zero attached hydrogens (tertiary/aromatic N) is 1. The van der Waals surface area contributed by atoms with E-state index in [1.165, 1.54) is 11.3 Å². The lowest BCUT2D eigenvalue weighted by Crippen LogP contribution is -1.98. The molecule has 6 heteroatoms. The van der Waals surface area contributed by atoms with Gasteiger partial charge in [-0.25, -0.2) is 9.78 Å². The molecule has 0 aliphatic carbocycles. The van der Waals surface area contributed by atoms with Crippen LogP contribution < -0.4 is 9.47 Å². The molecule has 1 aromatic heterocycles. The molecule has 2 rings (SSSR count). The van der Waals surface area contributed by atoms with Gasteiger partial charge in [-0.15, -0.1) is 11.3 Å². The van der Waals surface area contributed by atoms with Crippen molar-refractivity contribution >= 4 is 17.3 Å². The normalized spacial score (nSPS) is 10.4. The largest absolute Gasteiger partial charge is 0.493 e. The van der Waals surface area contributed by atoms with Gasteiger partial charge < -0.3 is 14.6 Å². The first kappa shape index (κ1) is 15.3. The molecule has 0 saturated heterocycles. The van der Waals surface area contributed by atoms with Gasteiger partial charge in [-0.05, 0) is 24.6 Å². The highest BCUT2D eigenvalue weighted by atomic mass is 32.1. The lowest BCUT2D eigenvalue weighted by Gasteiger charge is -2.08. The van der Waals surface area contributed by atoms with Crippen LogP contribution in [0.15, 0.2) is 18.2 Å². The Morgan fingerprint density at radius 3 is 2.57 bits per heavy atom. The van der Waals surface area contributed by atoms with Gasteiger partial charge in [0.05, 0.1) is 19.9 Å². The second-order valence-corrected chi connectivity index (χ2v) is 5.42. The number of aryl methyl sites for hydroxylation is 1. The fourth-order valence-corrected chi connectivity index (χ4v) is 2.96. The van der Waals surface area contributed by atoms with Crippen LogP contribution in [0.2, 0.25) is 0 Å². The molecule has 0 atom stereocenters. The summed E-state index contributed by atoms with van der Waals surface area (Å²) in [5.74, 6) is 0.298. The molecule has 0 aliphatic heterocycles. The molecule has 1 N–H and O–H groups in total. The Labute approximate surface area is 127 Å². The summed E-state index contributed by atoms with van der Waals surface area (Å²) in [5.41, 5.74) is 1.46. The van der Waals surface area contributed by atoms with Crippen molar-refractivity contribution in [1.29, 1.82) is 0 Å². The zero-order valence-corrected chi connectivity index (χ0v) is 13.0. The molecule has 112 valence electrons. The minimum absolute atomic E-state index is 0.307. The molecule has 0 bridgehead atoms. The Bertz CT molecular complexity index is 651. The van der Waals surface area contributed by atoms with Gasteiger partial charge in [0.15, 0.2) is 11.5 Å². The Morgan fingerprint density at radius 1 is 1.29 bits per heavy atom. The van der Waals surface area contributed by atoms with Crippen molar-refractivity contribution in [3.63, 3.8) is 0 Å². The van der Waals surface area contributed by atoms with Crippen molar-refractivity contribution in [2.24, 2.45) is 0 Å². The van der Waals surface area contributed by atoms with E-state index >= 15 is 0 Å². The molecule has 0 saturated carbocycles. The third-order valence-electron chi connectivity index (χ3n) is 3.01. The third kappa shape index (κ3) is 3.16. The number of hydrogen-bond donors (Lipinski definition) is 1. The minimum atomic E-state index is -0.928. The molecule has 1 heterocycles. The van der Waals surface area contributed by atoms with E-state index in [0.717, 1.165) is 12.0 Å². The maximum Gasteiger partial charge on any atom is 0.347 e. The van der Waals surface area contributed by atoms with Crippen LogP contribution in [0.1, 0.15) is 28.7 Å². The second-order valence-electron chi connectivity index (χ2n) is 4.42. The molecule has 2 aromatic rings. The summed E-state index contributed by atoms with van der Waals surface area (Å²) in [6.07, 6.45) is 1.51. The van der Waals surface area contributed by atoms with Crippen molar-refractivity contribution in [1.82, 2.24) is 4.98 Å². The van der Waals surface area contributed by atoms with Gasteiger partial charge in [0, 0.05) is 5.56 Å². The van der Waals surface area contributed by atoms with Crippen LogP contribution in [0, 0.1) is 0 Å². The fraction of sp³-hybridized carbons (Fsp3) is 0.333. The van der Waals surface area contributed by atoms with Crippen molar-refractivity contribution in [3.05, 3.63) is 28.8 Å². The average Bonchev–Trinajstić information content (AvgIpc) is 2.91. The van der Waals surface area contributed by atoms with Gasteiger partial charge in [-0.2, -0.15) is 0 Å². The Balaban J connectivity index is 2.46. The number of ether oxygens (including phenoxy) is 2. The highest BCUT2D eigenvalue weighted by Gasteiger charge is 2.18. The van der Waals surface area contributed by atoms with Crippen LogP contribution in [0.5, 0.6) is 11.5 Å². The molecule has 0 spiro atoms. The Kier molecular flexibility index (Phi) is 4.80. The summed E-state index contributed by atoms with van der Waals surface area (Å²) in [6, 6.07) is 5.44. The van der Waals surface area contributed by atoms with E-state index in [9.17, 15) is 9.90 Å². The summed E-state index contributed by atoms with van der Waals surface area (Å²) in [5, 5.41) is 9.94. The zero-order chi connectivity index (χ0) is 15.4. The number of carboxylic acids is 1.